The smallest absolute Gasteiger partial charge is 0.223 e. The highest BCUT2D eigenvalue weighted by atomic mass is 16.1. The molecule has 0 spiro atoms. The summed E-state index contributed by atoms with van der Waals surface area (Å²) in [4.78, 5) is 15.5. The highest BCUT2D eigenvalue weighted by Crippen LogP contribution is 2.27. The second-order valence-electron chi connectivity index (χ2n) is 9.24. The first-order chi connectivity index (χ1) is 14.6. The van der Waals surface area contributed by atoms with E-state index in [1.165, 1.54) is 53.5 Å². The molecule has 2 aliphatic rings. The summed E-state index contributed by atoms with van der Waals surface area (Å²) >= 11 is 0. The van der Waals surface area contributed by atoms with Gasteiger partial charge < -0.3 is 5.32 Å². The molecule has 1 heterocycles. The number of nitrogens with one attached hydrogen (secondary N) is 1. The Hall–Kier alpha value is -2.13. The molecule has 0 bridgehead atoms. The summed E-state index contributed by atoms with van der Waals surface area (Å²) in [5, 5.41) is 3.37. The fourth-order valence-electron chi connectivity index (χ4n) is 5.10. The Balaban J connectivity index is 1.31. The van der Waals surface area contributed by atoms with E-state index in [1.54, 1.807) is 0 Å². The minimum absolute atomic E-state index is 0.134. The molecule has 3 heteroatoms. The molecule has 1 fully saturated rings. The van der Waals surface area contributed by atoms with Gasteiger partial charge in [-0.15, -0.1) is 0 Å². The number of amides is 1. The van der Waals surface area contributed by atoms with Crippen LogP contribution in [-0.2, 0) is 24.2 Å². The fourth-order valence-corrected chi connectivity index (χ4v) is 5.10. The third-order valence-corrected chi connectivity index (χ3v) is 6.95. The zero-order valence-electron chi connectivity index (χ0n) is 18.6. The van der Waals surface area contributed by atoms with Crippen LogP contribution >= 0.6 is 0 Å². The van der Waals surface area contributed by atoms with Crippen molar-refractivity contribution in [3.8, 4) is 0 Å². The topological polar surface area (TPSA) is 32.3 Å². The van der Waals surface area contributed by atoms with E-state index in [9.17, 15) is 4.79 Å². The van der Waals surface area contributed by atoms with Gasteiger partial charge in [-0.2, -0.15) is 0 Å². The molecule has 160 valence electrons. The summed E-state index contributed by atoms with van der Waals surface area (Å²) in [5.41, 5.74) is 6.97. The maximum atomic E-state index is 13.0. The van der Waals surface area contributed by atoms with E-state index in [-0.39, 0.29) is 17.9 Å². The molecule has 0 radical (unpaired) electrons. The first kappa shape index (κ1) is 21.1. The number of hydrogen-bond donors (Lipinski definition) is 1. The van der Waals surface area contributed by atoms with Crippen molar-refractivity contribution in [2.45, 2.75) is 71.4 Å². The van der Waals surface area contributed by atoms with Crippen LogP contribution in [-0.4, -0.2) is 23.9 Å². The van der Waals surface area contributed by atoms with Crippen molar-refractivity contribution in [2.24, 2.45) is 5.92 Å². The van der Waals surface area contributed by atoms with E-state index in [0.717, 1.165) is 38.9 Å². The molecule has 1 saturated heterocycles. The minimum Gasteiger partial charge on any atom is -0.349 e. The molecular formula is C27H36N2O. The number of benzene rings is 2. The second-order valence-corrected chi connectivity index (χ2v) is 9.24. The Morgan fingerprint density at radius 2 is 1.83 bits per heavy atom. The average molecular weight is 405 g/mol. The number of rotatable bonds is 6. The molecule has 2 aromatic carbocycles. The van der Waals surface area contributed by atoms with Crippen LogP contribution in [0.15, 0.2) is 42.5 Å². The molecule has 1 amide bonds. The predicted molar refractivity (Wildman–Crippen MR) is 123 cm³/mol. The second kappa shape index (κ2) is 9.78. The summed E-state index contributed by atoms with van der Waals surface area (Å²) in [7, 11) is 0. The molecule has 1 N–H and O–H groups in total. The van der Waals surface area contributed by atoms with Crippen molar-refractivity contribution in [2.75, 3.05) is 13.1 Å². The van der Waals surface area contributed by atoms with E-state index < -0.39 is 0 Å². The van der Waals surface area contributed by atoms with Gasteiger partial charge in [-0.1, -0.05) is 55.0 Å². The van der Waals surface area contributed by atoms with Crippen LogP contribution in [0.4, 0.5) is 0 Å². The highest BCUT2D eigenvalue weighted by molar-refractivity contribution is 5.79. The van der Waals surface area contributed by atoms with Gasteiger partial charge in [0.1, 0.15) is 0 Å². The van der Waals surface area contributed by atoms with Crippen molar-refractivity contribution in [1.82, 2.24) is 10.2 Å². The average Bonchev–Trinajstić information content (AvgIpc) is 2.77. The van der Waals surface area contributed by atoms with Gasteiger partial charge in [0.25, 0.3) is 0 Å². The Kier molecular flexibility index (Phi) is 6.89. The molecule has 1 aliphatic carbocycles. The third kappa shape index (κ3) is 5.13. The van der Waals surface area contributed by atoms with Gasteiger partial charge in [-0.25, -0.2) is 0 Å². The number of likely N-dealkylation sites (tertiary alicyclic amines) is 1. The van der Waals surface area contributed by atoms with E-state index in [2.05, 4.69) is 66.5 Å². The van der Waals surface area contributed by atoms with Gasteiger partial charge in [-0.05, 0) is 87.2 Å². The van der Waals surface area contributed by atoms with Gasteiger partial charge in [0.05, 0.1) is 6.04 Å². The van der Waals surface area contributed by atoms with Gasteiger partial charge in [0, 0.05) is 12.5 Å². The predicted octanol–water partition coefficient (Wildman–Crippen LogP) is 5.35. The van der Waals surface area contributed by atoms with Crippen LogP contribution in [0.1, 0.15) is 72.9 Å². The maximum Gasteiger partial charge on any atom is 0.223 e. The SMILES string of the molecule is CC[C@@H](NC(=O)C1CCN(Cc2cccc(C)c2)CC1)c1ccc2c(c1)CCCC2. The molecule has 1 aliphatic heterocycles. The molecule has 0 unspecified atom stereocenters. The van der Waals surface area contributed by atoms with Crippen LogP contribution < -0.4 is 5.32 Å². The quantitative estimate of drug-likeness (QED) is 0.703. The standard InChI is InChI=1S/C27H36N2O/c1-3-26(25-12-11-22-9-4-5-10-24(22)18-25)28-27(30)23-13-15-29(16-14-23)19-21-8-6-7-20(2)17-21/h6-8,11-12,17-18,23,26H,3-5,9-10,13-16,19H2,1-2H3,(H,28,30)/t26-/m1/s1. The number of hydrogen-bond acceptors (Lipinski definition) is 2. The zero-order valence-corrected chi connectivity index (χ0v) is 18.6. The number of fused-ring (bicyclic) bond motifs is 1. The number of carbonyl (C=O) groups is 1. The highest BCUT2D eigenvalue weighted by Gasteiger charge is 2.27. The lowest BCUT2D eigenvalue weighted by Gasteiger charge is -2.32. The number of nitrogens with zero attached hydrogens (tertiary/aromatic N) is 1. The Labute approximate surface area is 181 Å². The van der Waals surface area contributed by atoms with Crippen LogP contribution in [0.2, 0.25) is 0 Å². The first-order valence-corrected chi connectivity index (χ1v) is 11.8. The summed E-state index contributed by atoms with van der Waals surface area (Å²) in [6.07, 6.45) is 7.85. The molecule has 1 atom stereocenters. The van der Waals surface area contributed by atoms with E-state index in [1.807, 2.05) is 0 Å². The van der Waals surface area contributed by atoms with Gasteiger partial charge in [0.15, 0.2) is 0 Å². The summed E-state index contributed by atoms with van der Waals surface area (Å²) in [6.45, 7) is 7.31. The van der Waals surface area contributed by atoms with Crippen LogP contribution in [0.5, 0.6) is 0 Å². The van der Waals surface area contributed by atoms with E-state index >= 15 is 0 Å². The van der Waals surface area contributed by atoms with Crippen molar-refractivity contribution in [3.05, 3.63) is 70.3 Å². The van der Waals surface area contributed by atoms with Crippen molar-refractivity contribution < 1.29 is 4.79 Å². The monoisotopic (exact) mass is 404 g/mol. The van der Waals surface area contributed by atoms with Crippen molar-refractivity contribution >= 4 is 5.91 Å². The van der Waals surface area contributed by atoms with Crippen molar-refractivity contribution in [3.63, 3.8) is 0 Å². The summed E-state index contributed by atoms with van der Waals surface area (Å²) < 4.78 is 0. The number of carbonyl (C=O) groups excluding carboxylic acids is 1. The Morgan fingerprint density at radius 3 is 2.57 bits per heavy atom. The Morgan fingerprint density at radius 1 is 1.07 bits per heavy atom. The minimum atomic E-state index is 0.134. The van der Waals surface area contributed by atoms with Gasteiger partial charge in [-0.3, -0.25) is 9.69 Å². The van der Waals surface area contributed by atoms with Crippen molar-refractivity contribution in [1.29, 1.82) is 0 Å². The summed E-state index contributed by atoms with van der Waals surface area (Å²) in [6, 6.07) is 15.8. The van der Waals surface area contributed by atoms with Gasteiger partial charge >= 0.3 is 0 Å². The van der Waals surface area contributed by atoms with Crippen LogP contribution in [0.25, 0.3) is 0 Å². The lowest BCUT2D eigenvalue weighted by Crippen LogP contribution is -2.41. The van der Waals surface area contributed by atoms with Crippen LogP contribution in [0.3, 0.4) is 0 Å². The lowest BCUT2D eigenvalue weighted by atomic mass is 9.88. The molecule has 0 aromatic heterocycles. The molecule has 30 heavy (non-hydrogen) atoms. The molecular weight excluding hydrogens is 368 g/mol. The van der Waals surface area contributed by atoms with Gasteiger partial charge in [0.2, 0.25) is 5.91 Å². The largest absolute Gasteiger partial charge is 0.349 e. The molecule has 2 aromatic rings. The maximum absolute atomic E-state index is 13.0. The molecule has 3 nitrogen and oxygen atoms in total. The number of aryl methyl sites for hydroxylation is 3. The number of piperidine rings is 1. The van der Waals surface area contributed by atoms with E-state index in [4.69, 9.17) is 0 Å². The van der Waals surface area contributed by atoms with Crippen LogP contribution in [0, 0.1) is 12.8 Å². The molecule has 0 saturated carbocycles. The first-order valence-electron chi connectivity index (χ1n) is 11.8. The Bertz CT molecular complexity index is 867. The summed E-state index contributed by atoms with van der Waals surface area (Å²) in [5.74, 6) is 0.389. The normalized spacial score (nSPS) is 18.6. The third-order valence-electron chi connectivity index (χ3n) is 6.95. The molecule has 4 rings (SSSR count). The van der Waals surface area contributed by atoms with E-state index in [0.29, 0.717) is 0 Å². The lowest BCUT2D eigenvalue weighted by molar-refractivity contribution is -0.127. The zero-order chi connectivity index (χ0) is 20.9. The fraction of sp³-hybridized carbons (Fsp3) is 0.519.